The van der Waals surface area contributed by atoms with Crippen molar-refractivity contribution in [1.29, 1.82) is 0 Å². The van der Waals surface area contributed by atoms with Crippen LogP contribution in [0.5, 0.6) is 0 Å². The third kappa shape index (κ3) is 2.85. The van der Waals surface area contributed by atoms with Gasteiger partial charge in [0.25, 0.3) is 0 Å². The second-order valence-electron chi connectivity index (χ2n) is 5.45. The molecular weight excluding hydrogens is 284 g/mol. The van der Waals surface area contributed by atoms with Gasteiger partial charge < -0.3 is 5.73 Å². The number of sulfonamides is 1. The molecule has 1 aliphatic rings. The molecule has 0 spiro atoms. The van der Waals surface area contributed by atoms with Crippen LogP contribution in [0.2, 0.25) is 0 Å². The molecular formula is C16H18N2O2S. The summed E-state index contributed by atoms with van der Waals surface area (Å²) < 4.78 is 24.8. The molecule has 0 radical (unpaired) electrons. The average Bonchev–Trinajstić information content (AvgIpc) is 2.90. The third-order valence-corrected chi connectivity index (χ3v) is 5.11. The van der Waals surface area contributed by atoms with E-state index < -0.39 is 10.0 Å². The monoisotopic (exact) mass is 302 g/mol. The fourth-order valence-electron chi connectivity index (χ4n) is 2.66. The molecule has 1 aliphatic heterocycles. The summed E-state index contributed by atoms with van der Waals surface area (Å²) in [6.45, 7) is 0.887. The lowest BCUT2D eigenvalue weighted by Gasteiger charge is -2.13. The van der Waals surface area contributed by atoms with Crippen molar-refractivity contribution in [2.24, 2.45) is 5.73 Å². The zero-order valence-electron chi connectivity index (χ0n) is 11.9. The van der Waals surface area contributed by atoms with Crippen molar-refractivity contribution in [3.05, 3.63) is 70.8 Å². The first-order chi connectivity index (χ1) is 9.95. The summed E-state index contributed by atoms with van der Waals surface area (Å²) in [6.07, 6.45) is 1.25. The second kappa shape index (κ2) is 5.26. The van der Waals surface area contributed by atoms with Gasteiger partial charge in [0, 0.05) is 13.1 Å². The quantitative estimate of drug-likeness (QED) is 0.943. The molecule has 0 saturated carbocycles. The first-order valence-corrected chi connectivity index (χ1v) is 8.67. The maximum absolute atomic E-state index is 11.6. The van der Waals surface area contributed by atoms with Crippen molar-refractivity contribution in [3.8, 4) is 0 Å². The van der Waals surface area contributed by atoms with E-state index in [2.05, 4.69) is 0 Å². The summed E-state index contributed by atoms with van der Waals surface area (Å²) in [6, 6.07) is 15.7. The predicted molar refractivity (Wildman–Crippen MR) is 83.0 cm³/mol. The standard InChI is InChI=1S/C16H18N2O2S/c1-21(19,20)18-10-14-8-7-13(9-15(14)11-18)16(17)12-5-3-2-4-6-12/h2-9,16H,10-11,17H2,1H3. The number of nitrogens with two attached hydrogens (primary N) is 1. The number of hydrogen-bond donors (Lipinski definition) is 1. The van der Waals surface area contributed by atoms with Crippen LogP contribution in [0, 0.1) is 0 Å². The number of rotatable bonds is 3. The van der Waals surface area contributed by atoms with Gasteiger partial charge in [-0.3, -0.25) is 0 Å². The van der Waals surface area contributed by atoms with E-state index in [1.807, 2.05) is 48.5 Å². The molecule has 0 saturated heterocycles. The first kappa shape index (κ1) is 14.3. The SMILES string of the molecule is CS(=O)(=O)N1Cc2ccc(C(N)c3ccccc3)cc2C1. The predicted octanol–water partition coefficient (Wildman–Crippen LogP) is 2.01. The van der Waals surface area contributed by atoms with Crippen LogP contribution in [0.4, 0.5) is 0 Å². The average molecular weight is 302 g/mol. The molecule has 0 aromatic heterocycles. The van der Waals surface area contributed by atoms with Gasteiger partial charge in [-0.2, -0.15) is 4.31 Å². The molecule has 2 N–H and O–H groups in total. The topological polar surface area (TPSA) is 63.4 Å². The first-order valence-electron chi connectivity index (χ1n) is 6.82. The molecule has 0 amide bonds. The van der Waals surface area contributed by atoms with E-state index in [1.165, 1.54) is 10.6 Å². The minimum atomic E-state index is -3.15. The second-order valence-corrected chi connectivity index (χ2v) is 7.43. The Hall–Kier alpha value is -1.69. The molecule has 0 fully saturated rings. The lowest BCUT2D eigenvalue weighted by atomic mass is 9.96. The van der Waals surface area contributed by atoms with E-state index in [1.54, 1.807) is 0 Å². The third-order valence-electron chi connectivity index (χ3n) is 3.91. The van der Waals surface area contributed by atoms with Gasteiger partial charge in [-0.25, -0.2) is 8.42 Å². The van der Waals surface area contributed by atoms with Crippen molar-refractivity contribution in [3.63, 3.8) is 0 Å². The summed E-state index contributed by atoms with van der Waals surface area (Å²) in [5.41, 5.74) is 10.5. The normalized spacial score (nSPS) is 16.7. The van der Waals surface area contributed by atoms with E-state index in [-0.39, 0.29) is 6.04 Å². The molecule has 1 atom stereocenters. The molecule has 2 aromatic rings. The van der Waals surface area contributed by atoms with E-state index in [9.17, 15) is 8.42 Å². The highest BCUT2D eigenvalue weighted by molar-refractivity contribution is 7.88. The van der Waals surface area contributed by atoms with Crippen molar-refractivity contribution >= 4 is 10.0 Å². The summed E-state index contributed by atoms with van der Waals surface area (Å²) in [5, 5.41) is 0. The van der Waals surface area contributed by atoms with Gasteiger partial charge in [-0.15, -0.1) is 0 Å². The van der Waals surface area contributed by atoms with Crippen LogP contribution in [-0.4, -0.2) is 19.0 Å². The Morgan fingerprint density at radius 2 is 1.67 bits per heavy atom. The van der Waals surface area contributed by atoms with Crippen LogP contribution in [0.1, 0.15) is 28.3 Å². The Labute approximate surface area is 125 Å². The van der Waals surface area contributed by atoms with Gasteiger partial charge in [-0.1, -0.05) is 48.5 Å². The maximum atomic E-state index is 11.6. The van der Waals surface area contributed by atoms with E-state index in [4.69, 9.17) is 5.73 Å². The molecule has 110 valence electrons. The van der Waals surface area contributed by atoms with Crippen LogP contribution in [-0.2, 0) is 23.1 Å². The lowest BCUT2D eigenvalue weighted by Crippen LogP contribution is -2.23. The largest absolute Gasteiger partial charge is 0.320 e. The summed E-state index contributed by atoms with van der Waals surface area (Å²) >= 11 is 0. The van der Waals surface area contributed by atoms with Gasteiger partial charge in [-0.05, 0) is 22.3 Å². The van der Waals surface area contributed by atoms with Gasteiger partial charge >= 0.3 is 0 Å². The van der Waals surface area contributed by atoms with Crippen molar-refractivity contribution in [2.45, 2.75) is 19.1 Å². The Kier molecular flexibility index (Phi) is 3.57. The molecule has 21 heavy (non-hydrogen) atoms. The highest BCUT2D eigenvalue weighted by Crippen LogP contribution is 2.28. The Morgan fingerprint density at radius 1 is 1.00 bits per heavy atom. The van der Waals surface area contributed by atoms with Crippen LogP contribution in [0.15, 0.2) is 48.5 Å². The summed E-state index contributed by atoms with van der Waals surface area (Å²) in [5.74, 6) is 0. The molecule has 1 heterocycles. The van der Waals surface area contributed by atoms with Crippen LogP contribution >= 0.6 is 0 Å². The van der Waals surface area contributed by atoms with E-state index >= 15 is 0 Å². The van der Waals surface area contributed by atoms with Crippen LogP contribution in [0.3, 0.4) is 0 Å². The van der Waals surface area contributed by atoms with Crippen molar-refractivity contribution in [2.75, 3.05) is 6.26 Å². The highest BCUT2D eigenvalue weighted by Gasteiger charge is 2.26. The number of hydrogen-bond acceptors (Lipinski definition) is 3. The number of fused-ring (bicyclic) bond motifs is 1. The fourth-order valence-corrected chi connectivity index (χ4v) is 3.41. The highest BCUT2D eigenvalue weighted by atomic mass is 32.2. The smallest absolute Gasteiger partial charge is 0.211 e. The molecule has 5 heteroatoms. The zero-order chi connectivity index (χ0) is 15.0. The lowest BCUT2D eigenvalue weighted by molar-refractivity contribution is 0.436. The molecule has 0 bridgehead atoms. The van der Waals surface area contributed by atoms with Gasteiger partial charge in [0.1, 0.15) is 0 Å². The molecule has 2 aromatic carbocycles. The van der Waals surface area contributed by atoms with Gasteiger partial charge in [0.15, 0.2) is 0 Å². The minimum absolute atomic E-state index is 0.191. The van der Waals surface area contributed by atoms with Crippen LogP contribution < -0.4 is 5.73 Å². The minimum Gasteiger partial charge on any atom is -0.320 e. The van der Waals surface area contributed by atoms with Crippen molar-refractivity contribution in [1.82, 2.24) is 4.31 Å². The van der Waals surface area contributed by atoms with Gasteiger partial charge in [0.2, 0.25) is 10.0 Å². The fraction of sp³-hybridized carbons (Fsp3) is 0.250. The number of nitrogens with zero attached hydrogens (tertiary/aromatic N) is 1. The number of benzene rings is 2. The Balaban J connectivity index is 1.89. The molecule has 0 aliphatic carbocycles. The molecule has 1 unspecified atom stereocenters. The van der Waals surface area contributed by atoms with Gasteiger partial charge in [0.05, 0.1) is 12.3 Å². The Bertz CT molecular complexity index is 757. The molecule has 4 nitrogen and oxygen atoms in total. The zero-order valence-corrected chi connectivity index (χ0v) is 12.7. The Morgan fingerprint density at radius 3 is 2.33 bits per heavy atom. The molecule has 3 rings (SSSR count). The maximum Gasteiger partial charge on any atom is 0.211 e. The van der Waals surface area contributed by atoms with Crippen molar-refractivity contribution < 1.29 is 8.42 Å². The van der Waals surface area contributed by atoms with Crippen LogP contribution in [0.25, 0.3) is 0 Å². The van der Waals surface area contributed by atoms with E-state index in [0.29, 0.717) is 13.1 Å². The summed E-state index contributed by atoms with van der Waals surface area (Å²) in [7, 11) is -3.15. The van der Waals surface area contributed by atoms with E-state index in [0.717, 1.165) is 22.3 Å². The summed E-state index contributed by atoms with van der Waals surface area (Å²) in [4.78, 5) is 0.